The number of ether oxygens (including phenoxy) is 2. The fraction of sp³-hybridized carbons (Fsp3) is 0.111. The molecule has 0 aliphatic heterocycles. The number of ketones is 1. The molecule has 2 aromatic rings. The van der Waals surface area contributed by atoms with Gasteiger partial charge in [-0.25, -0.2) is 4.79 Å². The Morgan fingerprint density at radius 1 is 1.17 bits per heavy atom. The molecule has 23 heavy (non-hydrogen) atoms. The molecule has 118 valence electrons. The van der Waals surface area contributed by atoms with Gasteiger partial charge in [-0.05, 0) is 19.1 Å². The summed E-state index contributed by atoms with van der Waals surface area (Å²) in [6.07, 6.45) is 0.975. The standard InChI is InChI=1S/C18H16O5/c1-3-15(19)23-14-11-10-13(18(17(14)21)22-4-2)16(20)12-8-6-5-7-9-12/h3,5-11,21H,1,4H2,2H3. The summed E-state index contributed by atoms with van der Waals surface area (Å²) in [5, 5.41) is 10.3. The number of benzene rings is 2. The van der Waals surface area contributed by atoms with Gasteiger partial charge < -0.3 is 14.6 Å². The second kappa shape index (κ2) is 7.26. The van der Waals surface area contributed by atoms with Crippen LogP contribution in [0.1, 0.15) is 22.8 Å². The summed E-state index contributed by atoms with van der Waals surface area (Å²) in [5.74, 6) is -1.53. The molecule has 0 aliphatic carbocycles. The molecule has 0 aliphatic rings. The molecule has 0 atom stereocenters. The molecule has 2 aromatic carbocycles. The Hall–Kier alpha value is -3.08. The van der Waals surface area contributed by atoms with Crippen LogP contribution >= 0.6 is 0 Å². The summed E-state index contributed by atoms with van der Waals surface area (Å²) in [4.78, 5) is 23.9. The van der Waals surface area contributed by atoms with Gasteiger partial charge in [0.15, 0.2) is 17.3 Å². The third-order valence-corrected chi connectivity index (χ3v) is 3.04. The molecule has 5 heteroatoms. The minimum atomic E-state index is -0.718. The molecule has 0 saturated heterocycles. The minimum absolute atomic E-state index is 0.0179. The molecule has 1 N–H and O–H groups in total. The number of esters is 1. The average Bonchev–Trinajstić information content (AvgIpc) is 2.58. The highest BCUT2D eigenvalue weighted by Crippen LogP contribution is 2.40. The van der Waals surface area contributed by atoms with Crippen molar-refractivity contribution in [3.63, 3.8) is 0 Å². The first-order chi connectivity index (χ1) is 11.1. The van der Waals surface area contributed by atoms with Gasteiger partial charge in [-0.15, -0.1) is 0 Å². The molecule has 0 radical (unpaired) electrons. The van der Waals surface area contributed by atoms with Crippen LogP contribution in [0.4, 0.5) is 0 Å². The molecule has 0 aromatic heterocycles. The molecule has 0 unspecified atom stereocenters. The second-order valence-electron chi connectivity index (χ2n) is 4.54. The fourth-order valence-corrected chi connectivity index (χ4v) is 2.00. The van der Waals surface area contributed by atoms with Crippen LogP contribution in [0.25, 0.3) is 0 Å². The monoisotopic (exact) mass is 312 g/mol. The van der Waals surface area contributed by atoms with Gasteiger partial charge in [0.2, 0.25) is 5.75 Å². The van der Waals surface area contributed by atoms with Crippen LogP contribution in [0.5, 0.6) is 17.2 Å². The van der Waals surface area contributed by atoms with E-state index >= 15 is 0 Å². The van der Waals surface area contributed by atoms with Crippen molar-refractivity contribution in [3.8, 4) is 17.2 Å². The topological polar surface area (TPSA) is 72.8 Å². The molecule has 0 bridgehead atoms. The first-order valence-corrected chi connectivity index (χ1v) is 7.01. The van der Waals surface area contributed by atoms with Gasteiger partial charge in [0.05, 0.1) is 12.2 Å². The maximum atomic E-state index is 12.6. The smallest absolute Gasteiger partial charge is 0.335 e. The molecular weight excluding hydrogens is 296 g/mol. The summed E-state index contributed by atoms with van der Waals surface area (Å²) in [5.41, 5.74) is 0.651. The van der Waals surface area contributed by atoms with Crippen molar-refractivity contribution in [3.05, 3.63) is 66.2 Å². The Balaban J connectivity index is 2.48. The normalized spacial score (nSPS) is 9.96. The molecule has 2 rings (SSSR count). The third kappa shape index (κ3) is 3.58. The van der Waals surface area contributed by atoms with E-state index < -0.39 is 11.7 Å². The van der Waals surface area contributed by atoms with Crippen molar-refractivity contribution in [1.82, 2.24) is 0 Å². The Bertz CT molecular complexity index is 735. The number of hydrogen-bond donors (Lipinski definition) is 1. The van der Waals surface area contributed by atoms with Crippen LogP contribution in [0, 0.1) is 0 Å². The maximum Gasteiger partial charge on any atom is 0.335 e. The van der Waals surface area contributed by atoms with E-state index in [4.69, 9.17) is 9.47 Å². The Kier molecular flexibility index (Phi) is 5.15. The van der Waals surface area contributed by atoms with Crippen molar-refractivity contribution < 1.29 is 24.2 Å². The second-order valence-corrected chi connectivity index (χ2v) is 4.54. The molecule has 0 saturated carbocycles. The van der Waals surface area contributed by atoms with E-state index in [9.17, 15) is 14.7 Å². The SMILES string of the molecule is C=CC(=O)Oc1ccc(C(=O)c2ccccc2)c(OCC)c1O. The van der Waals surface area contributed by atoms with Gasteiger partial charge in [0, 0.05) is 11.6 Å². The van der Waals surface area contributed by atoms with Crippen LogP contribution in [-0.2, 0) is 4.79 Å². The van der Waals surface area contributed by atoms with Crippen LogP contribution in [0.15, 0.2) is 55.1 Å². The molecule has 0 heterocycles. The number of rotatable bonds is 6. The zero-order valence-corrected chi connectivity index (χ0v) is 12.6. The van der Waals surface area contributed by atoms with Crippen LogP contribution in [-0.4, -0.2) is 23.5 Å². The van der Waals surface area contributed by atoms with Gasteiger partial charge in [-0.1, -0.05) is 36.9 Å². The van der Waals surface area contributed by atoms with E-state index in [1.807, 2.05) is 0 Å². The zero-order valence-electron chi connectivity index (χ0n) is 12.6. The average molecular weight is 312 g/mol. The highest BCUT2D eigenvalue weighted by molar-refractivity contribution is 6.11. The van der Waals surface area contributed by atoms with Crippen molar-refractivity contribution >= 4 is 11.8 Å². The van der Waals surface area contributed by atoms with Crippen LogP contribution in [0.2, 0.25) is 0 Å². The lowest BCUT2D eigenvalue weighted by atomic mass is 10.0. The number of phenols is 1. The van der Waals surface area contributed by atoms with Gasteiger partial charge in [0.1, 0.15) is 0 Å². The largest absolute Gasteiger partial charge is 0.502 e. The summed E-state index contributed by atoms with van der Waals surface area (Å²) < 4.78 is 10.3. The maximum absolute atomic E-state index is 12.6. The lowest BCUT2D eigenvalue weighted by Crippen LogP contribution is -2.08. The summed E-state index contributed by atoms with van der Waals surface area (Å²) in [7, 11) is 0. The molecular formula is C18H16O5. The van der Waals surface area contributed by atoms with Gasteiger partial charge in [0.25, 0.3) is 0 Å². The lowest BCUT2D eigenvalue weighted by molar-refractivity contribution is -0.129. The summed E-state index contributed by atoms with van der Waals surface area (Å²) in [6.45, 7) is 5.25. The third-order valence-electron chi connectivity index (χ3n) is 3.04. The van der Waals surface area contributed by atoms with Gasteiger partial charge in [-0.3, -0.25) is 4.79 Å². The minimum Gasteiger partial charge on any atom is -0.502 e. The Morgan fingerprint density at radius 2 is 1.87 bits per heavy atom. The van der Waals surface area contributed by atoms with E-state index in [0.29, 0.717) is 5.56 Å². The summed E-state index contributed by atoms with van der Waals surface area (Å²) in [6, 6.07) is 11.4. The van der Waals surface area contributed by atoms with E-state index in [1.54, 1.807) is 37.3 Å². The van der Waals surface area contributed by atoms with Crippen LogP contribution < -0.4 is 9.47 Å². The first kappa shape index (κ1) is 16.3. The van der Waals surface area contributed by atoms with E-state index in [-0.39, 0.29) is 29.5 Å². The Morgan fingerprint density at radius 3 is 2.48 bits per heavy atom. The highest BCUT2D eigenvalue weighted by atomic mass is 16.5. The number of aromatic hydroxyl groups is 1. The number of hydrogen-bond acceptors (Lipinski definition) is 5. The number of carbonyl (C=O) groups excluding carboxylic acids is 2. The number of phenolic OH excluding ortho intramolecular Hbond substituents is 1. The van der Waals surface area contributed by atoms with Crippen molar-refractivity contribution in [1.29, 1.82) is 0 Å². The van der Waals surface area contributed by atoms with Crippen LogP contribution in [0.3, 0.4) is 0 Å². The lowest BCUT2D eigenvalue weighted by Gasteiger charge is -2.14. The van der Waals surface area contributed by atoms with E-state index in [1.165, 1.54) is 12.1 Å². The van der Waals surface area contributed by atoms with Crippen molar-refractivity contribution in [2.45, 2.75) is 6.92 Å². The Labute approximate surface area is 133 Å². The quantitative estimate of drug-likeness (QED) is 0.384. The van der Waals surface area contributed by atoms with E-state index in [2.05, 4.69) is 6.58 Å². The first-order valence-electron chi connectivity index (χ1n) is 7.01. The van der Waals surface area contributed by atoms with Crippen molar-refractivity contribution in [2.75, 3.05) is 6.61 Å². The predicted octanol–water partition coefficient (Wildman–Crippen LogP) is 3.11. The number of carbonyl (C=O) groups is 2. The predicted molar refractivity (Wildman–Crippen MR) is 85.0 cm³/mol. The van der Waals surface area contributed by atoms with E-state index in [0.717, 1.165) is 6.08 Å². The fourth-order valence-electron chi connectivity index (χ4n) is 2.00. The molecule has 0 amide bonds. The molecule has 0 fully saturated rings. The summed E-state index contributed by atoms with van der Waals surface area (Å²) >= 11 is 0. The van der Waals surface area contributed by atoms with Crippen molar-refractivity contribution in [2.24, 2.45) is 0 Å². The molecule has 5 nitrogen and oxygen atoms in total. The highest BCUT2D eigenvalue weighted by Gasteiger charge is 2.22. The van der Waals surface area contributed by atoms with Gasteiger partial charge in [-0.2, -0.15) is 0 Å². The zero-order chi connectivity index (χ0) is 16.8. The van der Waals surface area contributed by atoms with Gasteiger partial charge >= 0.3 is 5.97 Å². The molecule has 0 spiro atoms.